The van der Waals surface area contributed by atoms with E-state index in [9.17, 15) is 18.0 Å². The van der Waals surface area contributed by atoms with E-state index < -0.39 is 28.5 Å². The summed E-state index contributed by atoms with van der Waals surface area (Å²) in [5.74, 6) is -0.823. The van der Waals surface area contributed by atoms with Crippen molar-refractivity contribution in [3.8, 4) is 0 Å². The van der Waals surface area contributed by atoms with Crippen LogP contribution in [0, 0.1) is 6.92 Å². The number of nitrogens with one attached hydrogen (secondary N) is 1. The van der Waals surface area contributed by atoms with Crippen LogP contribution in [-0.4, -0.2) is 43.8 Å². The van der Waals surface area contributed by atoms with Gasteiger partial charge in [-0.2, -0.15) is 0 Å². The van der Waals surface area contributed by atoms with E-state index in [-0.39, 0.29) is 29.1 Å². The van der Waals surface area contributed by atoms with E-state index in [1.165, 1.54) is 23.1 Å². The fourth-order valence-corrected chi connectivity index (χ4v) is 5.42. The van der Waals surface area contributed by atoms with Crippen LogP contribution < -0.4 is 9.62 Å². The molecule has 0 aromatic heterocycles. The van der Waals surface area contributed by atoms with Gasteiger partial charge in [-0.3, -0.25) is 13.9 Å². The molecule has 0 saturated carbocycles. The normalized spacial score (nSPS) is 12.9. The number of hydrogen-bond acceptors (Lipinski definition) is 4. The zero-order chi connectivity index (χ0) is 27.9. The second-order valence-corrected chi connectivity index (χ2v) is 11.5. The molecule has 3 aromatic rings. The van der Waals surface area contributed by atoms with E-state index >= 15 is 0 Å². The third-order valence-electron chi connectivity index (χ3n) is 6.42. The number of halogens is 1. The molecule has 0 aliphatic heterocycles. The molecule has 3 rings (SSSR count). The molecule has 1 N–H and O–H groups in total. The molecule has 0 fully saturated rings. The van der Waals surface area contributed by atoms with Crippen molar-refractivity contribution < 1.29 is 18.0 Å². The number of amides is 2. The van der Waals surface area contributed by atoms with E-state index in [0.717, 1.165) is 21.9 Å². The van der Waals surface area contributed by atoms with E-state index in [0.29, 0.717) is 5.02 Å². The van der Waals surface area contributed by atoms with Gasteiger partial charge in [0.1, 0.15) is 12.6 Å². The average molecular weight is 556 g/mol. The van der Waals surface area contributed by atoms with Crippen molar-refractivity contribution in [1.29, 1.82) is 0 Å². The van der Waals surface area contributed by atoms with E-state index in [2.05, 4.69) is 5.32 Å². The second-order valence-electron chi connectivity index (χ2n) is 9.26. The molecule has 0 radical (unpaired) electrons. The Morgan fingerprint density at radius 1 is 0.947 bits per heavy atom. The SMILES string of the molecule is CC[C@H](C)NC(=O)[C@H](C)N(Cc1ccccc1)C(=O)CN(c1ccc(C)c(Cl)c1)S(=O)(=O)c1ccccc1. The first-order valence-electron chi connectivity index (χ1n) is 12.5. The summed E-state index contributed by atoms with van der Waals surface area (Å²) in [4.78, 5) is 28.4. The molecule has 38 heavy (non-hydrogen) atoms. The van der Waals surface area contributed by atoms with Gasteiger partial charge >= 0.3 is 0 Å². The van der Waals surface area contributed by atoms with Crippen molar-refractivity contribution in [3.05, 3.63) is 95.0 Å². The molecule has 3 aromatic carbocycles. The van der Waals surface area contributed by atoms with Gasteiger partial charge < -0.3 is 10.2 Å². The van der Waals surface area contributed by atoms with Crippen molar-refractivity contribution in [1.82, 2.24) is 10.2 Å². The quantitative estimate of drug-likeness (QED) is 0.353. The van der Waals surface area contributed by atoms with Crippen molar-refractivity contribution in [2.45, 2.75) is 57.6 Å². The zero-order valence-electron chi connectivity index (χ0n) is 22.1. The summed E-state index contributed by atoms with van der Waals surface area (Å²) in [5.41, 5.74) is 1.86. The Bertz CT molecular complexity index is 1350. The number of carbonyl (C=O) groups excluding carboxylic acids is 2. The van der Waals surface area contributed by atoms with Crippen LogP contribution in [0.3, 0.4) is 0 Å². The summed E-state index contributed by atoms with van der Waals surface area (Å²) in [7, 11) is -4.13. The Hall–Kier alpha value is -3.36. The molecule has 0 spiro atoms. The van der Waals surface area contributed by atoms with Crippen LogP contribution in [0.25, 0.3) is 0 Å². The first-order valence-corrected chi connectivity index (χ1v) is 14.3. The zero-order valence-corrected chi connectivity index (χ0v) is 23.7. The predicted octanol–water partition coefficient (Wildman–Crippen LogP) is 5.18. The standard InChI is InChI=1S/C29H34ClN3O4S/c1-5-22(3)31-29(35)23(4)32(19-24-12-8-6-9-13-24)28(34)20-33(25-17-16-21(2)27(30)18-25)38(36,37)26-14-10-7-11-15-26/h6-18,22-23H,5,19-20H2,1-4H3,(H,31,35)/t22-,23-/m0/s1. The third-order valence-corrected chi connectivity index (χ3v) is 8.61. The summed E-state index contributed by atoms with van der Waals surface area (Å²) >= 11 is 6.34. The maximum Gasteiger partial charge on any atom is 0.264 e. The number of nitrogens with zero attached hydrogens (tertiary/aromatic N) is 2. The maximum atomic E-state index is 13.9. The molecule has 0 bridgehead atoms. The number of hydrogen-bond donors (Lipinski definition) is 1. The van der Waals surface area contributed by atoms with Crippen LogP contribution in [-0.2, 0) is 26.2 Å². The molecule has 0 unspecified atom stereocenters. The highest BCUT2D eigenvalue weighted by molar-refractivity contribution is 7.92. The molecule has 0 heterocycles. The van der Waals surface area contributed by atoms with Gasteiger partial charge in [-0.25, -0.2) is 8.42 Å². The minimum absolute atomic E-state index is 0.0432. The first kappa shape index (κ1) is 29.2. The van der Waals surface area contributed by atoms with Gasteiger partial charge in [0.2, 0.25) is 11.8 Å². The summed E-state index contributed by atoms with van der Waals surface area (Å²) in [6.07, 6.45) is 0.738. The fraction of sp³-hybridized carbons (Fsp3) is 0.310. The lowest BCUT2D eigenvalue weighted by Gasteiger charge is -2.32. The van der Waals surface area contributed by atoms with Gasteiger partial charge in [-0.15, -0.1) is 0 Å². The number of rotatable bonds is 11. The molecule has 7 nitrogen and oxygen atoms in total. The lowest BCUT2D eigenvalue weighted by Crippen LogP contribution is -2.52. The Morgan fingerprint density at radius 2 is 1.55 bits per heavy atom. The Labute approximate surface area is 230 Å². The predicted molar refractivity (Wildman–Crippen MR) is 152 cm³/mol. The summed E-state index contributed by atoms with van der Waals surface area (Å²) in [6, 6.07) is 21.2. The molecule has 9 heteroatoms. The topological polar surface area (TPSA) is 86.8 Å². The van der Waals surface area contributed by atoms with Crippen LogP contribution in [0.15, 0.2) is 83.8 Å². The summed E-state index contributed by atoms with van der Waals surface area (Å²) in [5, 5.41) is 3.30. The number of anilines is 1. The number of aryl methyl sites for hydroxylation is 1. The molecule has 202 valence electrons. The van der Waals surface area contributed by atoms with Crippen LogP contribution in [0.2, 0.25) is 5.02 Å². The lowest BCUT2D eigenvalue weighted by molar-refractivity contribution is -0.139. The summed E-state index contributed by atoms with van der Waals surface area (Å²) < 4.78 is 28.6. The van der Waals surface area contributed by atoms with Gasteiger partial charge in [-0.1, -0.05) is 73.1 Å². The monoisotopic (exact) mass is 555 g/mol. The minimum Gasteiger partial charge on any atom is -0.352 e. The van der Waals surface area contributed by atoms with Crippen LogP contribution in [0.5, 0.6) is 0 Å². The average Bonchev–Trinajstić information content (AvgIpc) is 2.92. The molecule has 0 aliphatic carbocycles. The Morgan fingerprint density at radius 3 is 2.13 bits per heavy atom. The van der Waals surface area contributed by atoms with Gasteiger partial charge in [0.15, 0.2) is 0 Å². The molecule has 0 saturated heterocycles. The molecule has 0 aliphatic rings. The van der Waals surface area contributed by atoms with Crippen molar-refractivity contribution in [3.63, 3.8) is 0 Å². The third kappa shape index (κ3) is 7.14. The van der Waals surface area contributed by atoms with Crippen molar-refractivity contribution in [2.75, 3.05) is 10.8 Å². The van der Waals surface area contributed by atoms with Crippen LogP contribution in [0.4, 0.5) is 5.69 Å². The van der Waals surface area contributed by atoms with Gasteiger partial charge in [0.25, 0.3) is 10.0 Å². The van der Waals surface area contributed by atoms with Crippen LogP contribution in [0.1, 0.15) is 38.3 Å². The minimum atomic E-state index is -4.13. The molecule has 2 atom stereocenters. The number of carbonyl (C=O) groups is 2. The first-order chi connectivity index (χ1) is 18.0. The largest absolute Gasteiger partial charge is 0.352 e. The summed E-state index contributed by atoms with van der Waals surface area (Å²) in [6.45, 7) is 6.95. The van der Waals surface area contributed by atoms with Crippen molar-refractivity contribution in [2.24, 2.45) is 0 Å². The van der Waals surface area contributed by atoms with Gasteiger partial charge in [0.05, 0.1) is 10.6 Å². The van der Waals surface area contributed by atoms with Gasteiger partial charge in [0, 0.05) is 17.6 Å². The molecule has 2 amide bonds. The molecular formula is C29H34ClN3O4S. The van der Waals surface area contributed by atoms with E-state index in [4.69, 9.17) is 11.6 Å². The van der Waals surface area contributed by atoms with Crippen molar-refractivity contribution >= 4 is 39.1 Å². The smallest absolute Gasteiger partial charge is 0.264 e. The number of sulfonamides is 1. The highest BCUT2D eigenvalue weighted by Crippen LogP contribution is 2.28. The maximum absolute atomic E-state index is 13.9. The highest BCUT2D eigenvalue weighted by Gasteiger charge is 2.32. The lowest BCUT2D eigenvalue weighted by atomic mass is 10.1. The van der Waals surface area contributed by atoms with Crippen LogP contribution >= 0.6 is 11.6 Å². The Balaban J connectivity index is 2.02. The van der Waals surface area contributed by atoms with E-state index in [1.807, 2.05) is 51.1 Å². The number of benzene rings is 3. The highest BCUT2D eigenvalue weighted by atomic mass is 35.5. The molecular weight excluding hydrogens is 522 g/mol. The second kappa shape index (κ2) is 12.9. The Kier molecular flexibility index (Phi) is 9.94. The van der Waals surface area contributed by atoms with Gasteiger partial charge in [-0.05, 0) is 62.6 Å². The van der Waals surface area contributed by atoms with E-state index in [1.54, 1.807) is 37.3 Å². The fourth-order valence-electron chi connectivity index (χ4n) is 3.81.